The average molecular weight is 353 g/mol. The van der Waals surface area contributed by atoms with Crippen LogP contribution < -0.4 is 4.90 Å². The van der Waals surface area contributed by atoms with Crippen LogP contribution in [0.1, 0.15) is 48.0 Å². The summed E-state index contributed by atoms with van der Waals surface area (Å²) >= 11 is 0. The lowest BCUT2D eigenvalue weighted by Crippen LogP contribution is -2.34. The highest BCUT2D eigenvalue weighted by Gasteiger charge is 2.31. The first-order valence-electron chi connectivity index (χ1n) is 9.17. The summed E-state index contributed by atoms with van der Waals surface area (Å²) in [6, 6.07) is 0. The Balaban J connectivity index is 1.64. The number of anilines is 1. The van der Waals surface area contributed by atoms with Crippen LogP contribution in [0, 0.1) is 6.92 Å². The van der Waals surface area contributed by atoms with Gasteiger partial charge < -0.3 is 9.64 Å². The number of aromatic nitrogens is 6. The SMILES string of the molecule is Cc1nc([C@@H]2CCOC2)c2c(N3Cc4c(cnn4C)[C@H](C)C3)ncnn12. The predicted octanol–water partition coefficient (Wildman–Crippen LogP) is 1.79. The number of nitrogens with zero attached hydrogens (tertiary/aromatic N) is 7. The smallest absolute Gasteiger partial charge is 0.158 e. The number of aryl methyl sites for hydroxylation is 2. The van der Waals surface area contributed by atoms with Gasteiger partial charge >= 0.3 is 0 Å². The van der Waals surface area contributed by atoms with Crippen molar-refractivity contribution < 1.29 is 4.74 Å². The number of rotatable bonds is 2. The lowest BCUT2D eigenvalue weighted by Gasteiger charge is -2.32. The van der Waals surface area contributed by atoms with Crippen molar-refractivity contribution in [3.63, 3.8) is 0 Å². The number of hydrogen-bond acceptors (Lipinski definition) is 6. The molecule has 0 aromatic carbocycles. The van der Waals surface area contributed by atoms with Gasteiger partial charge in [0.1, 0.15) is 17.7 Å². The van der Waals surface area contributed by atoms with Crippen LogP contribution in [0.3, 0.4) is 0 Å². The quantitative estimate of drug-likeness (QED) is 0.699. The topological polar surface area (TPSA) is 73.4 Å². The Hall–Kier alpha value is -2.48. The zero-order valence-corrected chi connectivity index (χ0v) is 15.4. The third kappa shape index (κ3) is 2.25. The summed E-state index contributed by atoms with van der Waals surface area (Å²) in [5, 5.41) is 8.90. The van der Waals surface area contributed by atoms with E-state index in [2.05, 4.69) is 27.0 Å². The first kappa shape index (κ1) is 15.7. The van der Waals surface area contributed by atoms with Gasteiger partial charge in [0.2, 0.25) is 0 Å². The largest absolute Gasteiger partial charge is 0.381 e. The van der Waals surface area contributed by atoms with E-state index in [4.69, 9.17) is 9.72 Å². The van der Waals surface area contributed by atoms with Crippen LogP contribution in [0.15, 0.2) is 12.5 Å². The molecule has 0 unspecified atom stereocenters. The monoisotopic (exact) mass is 353 g/mol. The number of ether oxygens (including phenoxy) is 1. The third-order valence-electron chi connectivity index (χ3n) is 5.68. The first-order valence-corrected chi connectivity index (χ1v) is 9.17. The van der Waals surface area contributed by atoms with Gasteiger partial charge in [-0.25, -0.2) is 14.5 Å². The van der Waals surface area contributed by atoms with E-state index in [0.717, 1.165) is 55.6 Å². The summed E-state index contributed by atoms with van der Waals surface area (Å²) in [6.07, 6.45) is 4.63. The molecule has 1 fully saturated rings. The lowest BCUT2D eigenvalue weighted by molar-refractivity contribution is 0.193. The van der Waals surface area contributed by atoms with Crippen molar-refractivity contribution in [3.05, 3.63) is 35.3 Å². The summed E-state index contributed by atoms with van der Waals surface area (Å²) in [5.74, 6) is 2.58. The molecule has 2 aliphatic rings. The summed E-state index contributed by atoms with van der Waals surface area (Å²) in [7, 11) is 2.01. The molecule has 2 aliphatic heterocycles. The van der Waals surface area contributed by atoms with E-state index in [1.54, 1.807) is 6.33 Å². The molecular formula is C18H23N7O. The molecule has 1 saturated heterocycles. The van der Waals surface area contributed by atoms with Gasteiger partial charge in [-0.3, -0.25) is 4.68 Å². The van der Waals surface area contributed by atoms with Crippen LogP contribution in [0.2, 0.25) is 0 Å². The molecule has 8 nitrogen and oxygen atoms in total. The fourth-order valence-corrected chi connectivity index (χ4v) is 4.28. The third-order valence-corrected chi connectivity index (χ3v) is 5.68. The summed E-state index contributed by atoms with van der Waals surface area (Å²) < 4.78 is 9.51. The van der Waals surface area contributed by atoms with Crippen molar-refractivity contribution in [2.45, 2.75) is 38.6 Å². The van der Waals surface area contributed by atoms with E-state index in [1.807, 2.05) is 29.4 Å². The molecule has 26 heavy (non-hydrogen) atoms. The molecule has 0 saturated carbocycles. The molecule has 136 valence electrons. The molecule has 2 atom stereocenters. The Labute approximate surface area is 151 Å². The van der Waals surface area contributed by atoms with Crippen LogP contribution >= 0.6 is 0 Å². The van der Waals surface area contributed by atoms with Crippen molar-refractivity contribution in [2.24, 2.45) is 7.05 Å². The van der Waals surface area contributed by atoms with E-state index in [1.165, 1.54) is 11.3 Å². The Bertz CT molecular complexity index is 969. The van der Waals surface area contributed by atoms with Gasteiger partial charge in [0.05, 0.1) is 30.7 Å². The molecule has 5 heterocycles. The number of imidazole rings is 1. The molecule has 3 aromatic heterocycles. The van der Waals surface area contributed by atoms with E-state index < -0.39 is 0 Å². The highest BCUT2D eigenvalue weighted by molar-refractivity contribution is 5.73. The molecule has 8 heteroatoms. The molecule has 0 radical (unpaired) electrons. The number of hydrogen-bond donors (Lipinski definition) is 0. The molecule has 5 rings (SSSR count). The van der Waals surface area contributed by atoms with Gasteiger partial charge in [-0.2, -0.15) is 10.2 Å². The fourth-order valence-electron chi connectivity index (χ4n) is 4.28. The Morgan fingerprint density at radius 2 is 2.15 bits per heavy atom. The minimum absolute atomic E-state index is 0.318. The molecule has 3 aromatic rings. The second-order valence-corrected chi connectivity index (χ2v) is 7.40. The normalized spacial score (nSPS) is 23.0. The summed E-state index contributed by atoms with van der Waals surface area (Å²) in [5.41, 5.74) is 4.68. The zero-order chi connectivity index (χ0) is 17.8. The minimum atomic E-state index is 0.318. The minimum Gasteiger partial charge on any atom is -0.381 e. The Morgan fingerprint density at radius 1 is 1.27 bits per heavy atom. The van der Waals surface area contributed by atoms with Gasteiger partial charge in [0.15, 0.2) is 5.82 Å². The highest BCUT2D eigenvalue weighted by Crippen LogP contribution is 2.36. The van der Waals surface area contributed by atoms with Gasteiger partial charge in [0.25, 0.3) is 0 Å². The molecule has 0 N–H and O–H groups in total. The predicted molar refractivity (Wildman–Crippen MR) is 96.4 cm³/mol. The maximum atomic E-state index is 5.61. The fraction of sp³-hybridized carbons (Fsp3) is 0.556. The van der Waals surface area contributed by atoms with E-state index in [9.17, 15) is 0 Å². The Kier molecular flexibility index (Phi) is 3.49. The second-order valence-electron chi connectivity index (χ2n) is 7.40. The Morgan fingerprint density at radius 3 is 2.96 bits per heavy atom. The van der Waals surface area contributed by atoms with Crippen molar-refractivity contribution in [1.82, 2.24) is 29.4 Å². The zero-order valence-electron chi connectivity index (χ0n) is 15.4. The van der Waals surface area contributed by atoms with Gasteiger partial charge in [-0.15, -0.1) is 0 Å². The standard InChI is InChI=1S/C18H23N7O/c1-11-7-24(8-15-14(11)6-20-23(15)3)18-17-16(13-4-5-26-9-13)22-12(2)25(17)21-10-19-18/h6,10-11,13H,4-5,7-9H2,1-3H3/t11-,13-/m1/s1. The summed E-state index contributed by atoms with van der Waals surface area (Å²) in [4.78, 5) is 11.9. The van der Waals surface area contributed by atoms with Crippen LogP contribution in [-0.2, 0) is 18.3 Å². The van der Waals surface area contributed by atoms with Crippen molar-refractivity contribution in [2.75, 3.05) is 24.7 Å². The molecule has 0 spiro atoms. The molecular weight excluding hydrogens is 330 g/mol. The second kappa shape index (κ2) is 5.77. The molecule has 0 amide bonds. The highest BCUT2D eigenvalue weighted by atomic mass is 16.5. The first-order chi connectivity index (χ1) is 12.6. The average Bonchev–Trinajstić information content (AvgIpc) is 3.35. The van der Waals surface area contributed by atoms with Crippen molar-refractivity contribution in [1.29, 1.82) is 0 Å². The maximum Gasteiger partial charge on any atom is 0.158 e. The van der Waals surface area contributed by atoms with Crippen LogP contribution in [0.4, 0.5) is 5.82 Å². The van der Waals surface area contributed by atoms with Gasteiger partial charge in [-0.1, -0.05) is 6.92 Å². The molecule has 0 bridgehead atoms. The van der Waals surface area contributed by atoms with E-state index in [-0.39, 0.29) is 0 Å². The van der Waals surface area contributed by atoms with Crippen LogP contribution in [0.5, 0.6) is 0 Å². The van der Waals surface area contributed by atoms with Gasteiger partial charge in [-0.05, 0) is 18.9 Å². The number of fused-ring (bicyclic) bond motifs is 2. The maximum absolute atomic E-state index is 5.61. The van der Waals surface area contributed by atoms with Gasteiger partial charge in [0, 0.05) is 32.0 Å². The molecule has 0 aliphatic carbocycles. The van der Waals surface area contributed by atoms with Crippen molar-refractivity contribution >= 4 is 11.3 Å². The van der Waals surface area contributed by atoms with Crippen LogP contribution in [0.25, 0.3) is 5.52 Å². The lowest BCUT2D eigenvalue weighted by atomic mass is 9.96. The van der Waals surface area contributed by atoms with E-state index in [0.29, 0.717) is 11.8 Å². The van der Waals surface area contributed by atoms with Crippen LogP contribution in [-0.4, -0.2) is 49.1 Å². The van der Waals surface area contributed by atoms with E-state index >= 15 is 0 Å². The van der Waals surface area contributed by atoms with Crippen molar-refractivity contribution in [3.8, 4) is 0 Å². The summed E-state index contributed by atoms with van der Waals surface area (Å²) in [6.45, 7) is 7.48.